The van der Waals surface area contributed by atoms with E-state index in [0.717, 1.165) is 0 Å². The number of nitrogens with one attached hydrogen (secondary N) is 1. The topological polar surface area (TPSA) is 106 Å². The normalized spacial score (nSPS) is 11.1. The first-order valence-electron chi connectivity index (χ1n) is 5.96. The van der Waals surface area contributed by atoms with Crippen LogP contribution in [0.5, 0.6) is 0 Å². The fourth-order valence-corrected chi connectivity index (χ4v) is 1.77. The molecule has 3 N–H and O–H groups in total. The molecule has 0 aliphatic heterocycles. The van der Waals surface area contributed by atoms with E-state index in [0.29, 0.717) is 11.1 Å². The number of anilines is 2. The van der Waals surface area contributed by atoms with Gasteiger partial charge in [-0.1, -0.05) is 11.8 Å². The minimum absolute atomic E-state index is 0.123. The smallest absolute Gasteiger partial charge is 0.316 e. The predicted molar refractivity (Wildman–Crippen MR) is 78.5 cm³/mol. The number of thioether (sulfide) groups is 1. The maximum absolute atomic E-state index is 11.6. The van der Waals surface area contributed by atoms with Crippen LogP contribution >= 0.6 is 11.8 Å². The molecule has 0 saturated carbocycles. The Morgan fingerprint density at radius 1 is 1.35 bits per heavy atom. The first-order valence-corrected chi connectivity index (χ1v) is 6.94. The number of nitrogens with zero attached hydrogens (tertiary/aromatic N) is 4. The third-order valence-electron chi connectivity index (χ3n) is 1.87. The Hall–Kier alpha value is -1.61. The molecule has 112 valence electrons. The second-order valence-corrected chi connectivity index (χ2v) is 6.10. The van der Waals surface area contributed by atoms with Crippen LogP contribution in [0, 0.1) is 0 Å². The monoisotopic (exact) mass is 300 g/mol. The summed E-state index contributed by atoms with van der Waals surface area (Å²) >= 11 is 1.17. The standard InChI is InChI=1S/C11H20N6O2S/c1-11(2,3)19-7(18)6-20-10-14-8(16-12)13-9(15-10)17(4)5/h6,12H2,1-5H3,(H,13,14,15,16). The molecule has 1 rings (SSSR count). The van der Waals surface area contributed by atoms with E-state index >= 15 is 0 Å². The van der Waals surface area contributed by atoms with Crippen LogP contribution in [-0.2, 0) is 9.53 Å². The van der Waals surface area contributed by atoms with Gasteiger partial charge in [0, 0.05) is 14.1 Å². The van der Waals surface area contributed by atoms with Gasteiger partial charge in [0.25, 0.3) is 0 Å². The van der Waals surface area contributed by atoms with Crippen LogP contribution in [0.3, 0.4) is 0 Å². The van der Waals surface area contributed by atoms with Gasteiger partial charge in [0.2, 0.25) is 11.9 Å². The average molecular weight is 300 g/mol. The molecule has 8 nitrogen and oxygen atoms in total. The van der Waals surface area contributed by atoms with Gasteiger partial charge in [0.05, 0.1) is 5.75 Å². The second kappa shape index (κ2) is 6.71. The van der Waals surface area contributed by atoms with Gasteiger partial charge < -0.3 is 9.64 Å². The molecule has 0 aliphatic carbocycles. The van der Waals surface area contributed by atoms with Crippen molar-refractivity contribution in [1.29, 1.82) is 0 Å². The number of nitrogen functional groups attached to an aromatic ring is 1. The van der Waals surface area contributed by atoms with Crippen molar-refractivity contribution >= 4 is 29.6 Å². The van der Waals surface area contributed by atoms with E-state index < -0.39 is 5.60 Å². The summed E-state index contributed by atoms with van der Waals surface area (Å²) in [6.45, 7) is 5.46. The molecule has 1 heterocycles. The van der Waals surface area contributed by atoms with E-state index in [-0.39, 0.29) is 17.7 Å². The van der Waals surface area contributed by atoms with Crippen LogP contribution in [0.2, 0.25) is 0 Å². The summed E-state index contributed by atoms with van der Waals surface area (Å²) in [7, 11) is 3.61. The first kappa shape index (κ1) is 16.4. The summed E-state index contributed by atoms with van der Waals surface area (Å²) < 4.78 is 5.21. The highest BCUT2D eigenvalue weighted by molar-refractivity contribution is 7.99. The largest absolute Gasteiger partial charge is 0.459 e. The van der Waals surface area contributed by atoms with Crippen molar-refractivity contribution < 1.29 is 9.53 Å². The molecule has 0 fully saturated rings. The van der Waals surface area contributed by atoms with Crippen LogP contribution in [0.25, 0.3) is 0 Å². The molecule has 1 aromatic heterocycles. The highest BCUT2D eigenvalue weighted by Gasteiger charge is 2.17. The first-order chi connectivity index (χ1) is 9.21. The van der Waals surface area contributed by atoms with Crippen LogP contribution in [0.1, 0.15) is 20.8 Å². The molecule has 0 atom stereocenters. The van der Waals surface area contributed by atoms with Crippen LogP contribution in [0.4, 0.5) is 11.9 Å². The summed E-state index contributed by atoms with van der Waals surface area (Å²) in [5, 5.41) is 0.405. The number of carbonyl (C=O) groups is 1. The molecule has 0 radical (unpaired) electrons. The Bertz CT molecular complexity index is 474. The van der Waals surface area contributed by atoms with E-state index in [2.05, 4.69) is 20.4 Å². The SMILES string of the molecule is CN(C)c1nc(NN)nc(SCC(=O)OC(C)(C)C)n1. The minimum Gasteiger partial charge on any atom is -0.459 e. The van der Waals surface area contributed by atoms with Gasteiger partial charge in [-0.05, 0) is 20.8 Å². The fourth-order valence-electron chi connectivity index (χ4n) is 1.17. The number of rotatable bonds is 5. The number of nitrogens with two attached hydrogens (primary N) is 1. The lowest BCUT2D eigenvalue weighted by Crippen LogP contribution is -2.25. The number of hydrogen-bond donors (Lipinski definition) is 2. The van der Waals surface area contributed by atoms with Crippen molar-refractivity contribution in [2.75, 3.05) is 30.2 Å². The molecule has 1 aromatic rings. The van der Waals surface area contributed by atoms with Crippen molar-refractivity contribution in [2.45, 2.75) is 31.5 Å². The van der Waals surface area contributed by atoms with Gasteiger partial charge in [0.1, 0.15) is 5.60 Å². The van der Waals surface area contributed by atoms with E-state index in [1.54, 1.807) is 19.0 Å². The zero-order chi connectivity index (χ0) is 15.3. The Morgan fingerprint density at radius 3 is 2.50 bits per heavy atom. The Morgan fingerprint density at radius 2 is 2.00 bits per heavy atom. The lowest BCUT2D eigenvalue weighted by atomic mass is 10.2. The van der Waals surface area contributed by atoms with Gasteiger partial charge in [-0.25, -0.2) is 5.84 Å². The predicted octanol–water partition coefficient (Wildman–Crippen LogP) is 0.657. The van der Waals surface area contributed by atoms with Gasteiger partial charge in [-0.15, -0.1) is 0 Å². The highest BCUT2D eigenvalue weighted by atomic mass is 32.2. The zero-order valence-electron chi connectivity index (χ0n) is 12.3. The third-order valence-corrected chi connectivity index (χ3v) is 2.69. The molecular weight excluding hydrogens is 280 g/mol. The van der Waals surface area contributed by atoms with Crippen molar-refractivity contribution in [3.8, 4) is 0 Å². The molecular formula is C11H20N6O2S. The maximum atomic E-state index is 11.6. The van der Waals surface area contributed by atoms with E-state index in [1.807, 2.05) is 20.8 Å². The van der Waals surface area contributed by atoms with Crippen LogP contribution in [0.15, 0.2) is 5.16 Å². The van der Waals surface area contributed by atoms with Crippen molar-refractivity contribution in [1.82, 2.24) is 15.0 Å². The Balaban J connectivity index is 2.72. The summed E-state index contributed by atoms with van der Waals surface area (Å²) in [5.74, 6) is 5.81. The van der Waals surface area contributed by atoms with Crippen molar-refractivity contribution in [3.63, 3.8) is 0 Å². The summed E-state index contributed by atoms with van der Waals surface area (Å²) in [6, 6.07) is 0. The number of carbonyl (C=O) groups excluding carboxylic acids is 1. The average Bonchev–Trinajstić information content (AvgIpc) is 2.33. The van der Waals surface area contributed by atoms with E-state index in [4.69, 9.17) is 10.6 Å². The minimum atomic E-state index is -0.504. The van der Waals surface area contributed by atoms with E-state index in [9.17, 15) is 4.79 Å². The Labute approximate surface area is 122 Å². The summed E-state index contributed by atoms with van der Waals surface area (Å²) in [6.07, 6.45) is 0. The highest BCUT2D eigenvalue weighted by Crippen LogP contribution is 2.18. The number of ether oxygens (including phenoxy) is 1. The molecule has 0 unspecified atom stereocenters. The van der Waals surface area contributed by atoms with Gasteiger partial charge in [-0.3, -0.25) is 10.2 Å². The van der Waals surface area contributed by atoms with Crippen LogP contribution in [-0.4, -0.2) is 46.4 Å². The molecule has 0 bridgehead atoms. The molecule has 0 amide bonds. The second-order valence-electron chi connectivity index (χ2n) is 5.16. The van der Waals surface area contributed by atoms with E-state index in [1.165, 1.54) is 11.8 Å². The Kier molecular flexibility index (Phi) is 5.52. The van der Waals surface area contributed by atoms with Gasteiger partial charge in [-0.2, -0.15) is 15.0 Å². The summed E-state index contributed by atoms with van der Waals surface area (Å²) in [5.41, 5.74) is 1.87. The summed E-state index contributed by atoms with van der Waals surface area (Å²) in [4.78, 5) is 25.7. The molecule has 0 aliphatic rings. The number of aromatic nitrogens is 3. The van der Waals surface area contributed by atoms with Gasteiger partial charge in [0.15, 0.2) is 5.16 Å². The maximum Gasteiger partial charge on any atom is 0.316 e. The molecule has 9 heteroatoms. The van der Waals surface area contributed by atoms with Crippen molar-refractivity contribution in [3.05, 3.63) is 0 Å². The van der Waals surface area contributed by atoms with Gasteiger partial charge >= 0.3 is 5.97 Å². The molecule has 20 heavy (non-hydrogen) atoms. The van der Waals surface area contributed by atoms with Crippen LogP contribution < -0.4 is 16.2 Å². The molecule has 0 aromatic carbocycles. The fraction of sp³-hybridized carbons (Fsp3) is 0.636. The number of esters is 1. The number of hydrogen-bond acceptors (Lipinski definition) is 9. The molecule has 0 saturated heterocycles. The quantitative estimate of drug-likeness (QED) is 0.351. The number of hydrazine groups is 1. The van der Waals surface area contributed by atoms with Crippen molar-refractivity contribution in [2.24, 2.45) is 5.84 Å². The molecule has 0 spiro atoms. The lowest BCUT2D eigenvalue weighted by Gasteiger charge is -2.19. The lowest BCUT2D eigenvalue weighted by molar-refractivity contribution is -0.151. The third kappa shape index (κ3) is 5.57. The zero-order valence-corrected chi connectivity index (χ0v) is 13.1.